The second-order valence-corrected chi connectivity index (χ2v) is 7.58. The third-order valence-corrected chi connectivity index (χ3v) is 6.07. The lowest BCUT2D eigenvalue weighted by Gasteiger charge is -2.34. The molecule has 1 amide bonds. The average Bonchev–Trinajstić information content (AvgIpc) is 3.03. The molecule has 2 fully saturated rings. The lowest BCUT2D eigenvalue weighted by molar-refractivity contribution is -0.132. The number of hydrogen-bond acceptors (Lipinski definition) is 3. The minimum absolute atomic E-state index is 0.0746. The van der Waals surface area contributed by atoms with Crippen molar-refractivity contribution in [2.45, 2.75) is 38.1 Å². The fourth-order valence-electron chi connectivity index (χ4n) is 4.74. The van der Waals surface area contributed by atoms with Crippen LogP contribution < -0.4 is 0 Å². The predicted octanol–water partition coefficient (Wildman–Crippen LogP) is 2.29. The van der Waals surface area contributed by atoms with Crippen LogP contribution in [-0.4, -0.2) is 61.1 Å². The summed E-state index contributed by atoms with van der Waals surface area (Å²) in [6.45, 7) is 7.74. The van der Waals surface area contributed by atoms with Crippen LogP contribution in [0.15, 0.2) is 24.3 Å². The molecule has 0 radical (unpaired) electrons. The first-order valence-corrected chi connectivity index (χ1v) is 9.42. The molecule has 0 bridgehead atoms. The molecule has 4 heteroatoms. The third kappa shape index (κ3) is 2.98. The molecule has 0 aromatic heterocycles. The Balaban J connectivity index is 1.48. The smallest absolute Gasteiger partial charge is 0.230 e. The van der Waals surface area contributed by atoms with Gasteiger partial charge in [0, 0.05) is 32.2 Å². The van der Waals surface area contributed by atoms with Crippen LogP contribution in [0.5, 0.6) is 0 Å². The number of hydrogen-bond donors (Lipinski definition) is 0. The summed E-state index contributed by atoms with van der Waals surface area (Å²) in [5.74, 6) is 0.973. The van der Waals surface area contributed by atoms with E-state index in [-0.39, 0.29) is 5.92 Å². The maximum absolute atomic E-state index is 13.2. The van der Waals surface area contributed by atoms with E-state index in [1.54, 1.807) is 0 Å². The summed E-state index contributed by atoms with van der Waals surface area (Å²) in [6, 6.07) is 9.02. The maximum atomic E-state index is 13.2. The minimum Gasteiger partial charge on any atom is -0.379 e. The molecule has 0 N–H and O–H groups in total. The van der Waals surface area contributed by atoms with Gasteiger partial charge in [0.05, 0.1) is 19.1 Å². The van der Waals surface area contributed by atoms with Gasteiger partial charge in [-0.05, 0) is 36.3 Å². The van der Waals surface area contributed by atoms with Crippen LogP contribution in [-0.2, 0) is 16.0 Å². The van der Waals surface area contributed by atoms with Gasteiger partial charge >= 0.3 is 0 Å². The van der Waals surface area contributed by atoms with E-state index < -0.39 is 0 Å². The molecule has 2 aliphatic heterocycles. The second-order valence-electron chi connectivity index (χ2n) is 7.58. The SMILES string of the molecule is CC1CN(C(=O)C2CCCc3ccccc32)CC1N1CCOCC1. The molecule has 3 unspecified atom stereocenters. The van der Waals surface area contributed by atoms with Crippen molar-refractivity contribution in [3.63, 3.8) is 0 Å². The number of likely N-dealkylation sites (tertiary alicyclic amines) is 1. The van der Waals surface area contributed by atoms with Crippen LogP contribution in [0, 0.1) is 5.92 Å². The maximum Gasteiger partial charge on any atom is 0.230 e. The number of carbonyl (C=O) groups is 1. The molecule has 3 atom stereocenters. The monoisotopic (exact) mass is 328 g/mol. The largest absolute Gasteiger partial charge is 0.379 e. The molecule has 4 nitrogen and oxygen atoms in total. The lowest BCUT2D eigenvalue weighted by atomic mass is 9.82. The Labute approximate surface area is 144 Å². The van der Waals surface area contributed by atoms with Crippen molar-refractivity contribution in [1.29, 1.82) is 0 Å². The third-order valence-electron chi connectivity index (χ3n) is 6.07. The highest BCUT2D eigenvalue weighted by Crippen LogP contribution is 2.34. The highest BCUT2D eigenvalue weighted by molar-refractivity contribution is 5.84. The van der Waals surface area contributed by atoms with Crippen LogP contribution in [0.1, 0.15) is 36.8 Å². The van der Waals surface area contributed by atoms with Crippen molar-refractivity contribution in [3.8, 4) is 0 Å². The quantitative estimate of drug-likeness (QED) is 0.835. The Kier molecular flexibility index (Phi) is 4.59. The number of aryl methyl sites for hydroxylation is 1. The zero-order valence-corrected chi connectivity index (χ0v) is 14.6. The summed E-state index contributed by atoms with van der Waals surface area (Å²) in [6.07, 6.45) is 3.25. The highest BCUT2D eigenvalue weighted by Gasteiger charge is 2.39. The van der Waals surface area contributed by atoms with E-state index in [4.69, 9.17) is 4.74 Å². The summed E-state index contributed by atoms with van der Waals surface area (Å²) < 4.78 is 5.48. The van der Waals surface area contributed by atoms with E-state index in [9.17, 15) is 4.79 Å². The zero-order chi connectivity index (χ0) is 16.5. The Bertz CT molecular complexity index is 597. The molecule has 2 heterocycles. The first-order chi connectivity index (χ1) is 11.7. The first-order valence-electron chi connectivity index (χ1n) is 9.42. The lowest BCUT2D eigenvalue weighted by Crippen LogP contribution is -2.47. The predicted molar refractivity (Wildman–Crippen MR) is 94.0 cm³/mol. The number of carbonyl (C=O) groups excluding carboxylic acids is 1. The van der Waals surface area contributed by atoms with Crippen molar-refractivity contribution in [1.82, 2.24) is 9.80 Å². The van der Waals surface area contributed by atoms with Crippen LogP contribution in [0.3, 0.4) is 0 Å². The van der Waals surface area contributed by atoms with Gasteiger partial charge in [0.15, 0.2) is 0 Å². The van der Waals surface area contributed by atoms with E-state index >= 15 is 0 Å². The van der Waals surface area contributed by atoms with Crippen LogP contribution in [0.25, 0.3) is 0 Å². The Morgan fingerprint density at radius 3 is 2.79 bits per heavy atom. The molecule has 130 valence electrons. The van der Waals surface area contributed by atoms with Gasteiger partial charge in [-0.2, -0.15) is 0 Å². The van der Waals surface area contributed by atoms with Gasteiger partial charge in [-0.3, -0.25) is 9.69 Å². The molecule has 24 heavy (non-hydrogen) atoms. The number of amides is 1. The summed E-state index contributed by atoms with van der Waals surface area (Å²) in [5.41, 5.74) is 2.65. The molecule has 0 saturated carbocycles. The summed E-state index contributed by atoms with van der Waals surface area (Å²) in [4.78, 5) is 17.9. The fraction of sp³-hybridized carbons (Fsp3) is 0.650. The van der Waals surface area contributed by atoms with Gasteiger partial charge in [-0.25, -0.2) is 0 Å². The Hall–Kier alpha value is -1.39. The van der Waals surface area contributed by atoms with Gasteiger partial charge in [-0.1, -0.05) is 31.2 Å². The summed E-state index contributed by atoms with van der Waals surface area (Å²) in [5, 5.41) is 0. The summed E-state index contributed by atoms with van der Waals surface area (Å²) >= 11 is 0. The standard InChI is InChI=1S/C20H28N2O2/c1-15-13-22(14-19(15)21-9-11-24-12-10-21)20(23)18-8-4-6-16-5-2-3-7-17(16)18/h2-3,5,7,15,18-19H,4,6,8-14H2,1H3. The van der Waals surface area contributed by atoms with E-state index in [0.29, 0.717) is 17.9 Å². The van der Waals surface area contributed by atoms with Gasteiger partial charge in [0.25, 0.3) is 0 Å². The highest BCUT2D eigenvalue weighted by atomic mass is 16.5. The number of morpholine rings is 1. The van der Waals surface area contributed by atoms with Crippen molar-refractivity contribution in [2.75, 3.05) is 39.4 Å². The number of nitrogens with zero attached hydrogens (tertiary/aromatic N) is 2. The van der Waals surface area contributed by atoms with Crippen LogP contribution in [0.2, 0.25) is 0 Å². The van der Waals surface area contributed by atoms with Crippen molar-refractivity contribution in [3.05, 3.63) is 35.4 Å². The fourth-order valence-corrected chi connectivity index (χ4v) is 4.74. The molecule has 0 spiro atoms. The van der Waals surface area contributed by atoms with E-state index in [1.165, 1.54) is 11.1 Å². The molecule has 1 aliphatic carbocycles. The number of ether oxygens (including phenoxy) is 1. The molecule has 1 aromatic carbocycles. The van der Waals surface area contributed by atoms with Gasteiger partial charge in [0.1, 0.15) is 0 Å². The van der Waals surface area contributed by atoms with E-state index in [2.05, 4.69) is 41.0 Å². The minimum atomic E-state index is 0.0746. The molecule has 2 saturated heterocycles. The van der Waals surface area contributed by atoms with Crippen molar-refractivity contribution in [2.24, 2.45) is 5.92 Å². The zero-order valence-electron chi connectivity index (χ0n) is 14.6. The molecule has 1 aromatic rings. The van der Waals surface area contributed by atoms with Crippen molar-refractivity contribution < 1.29 is 9.53 Å². The Morgan fingerprint density at radius 2 is 1.96 bits per heavy atom. The molecular weight excluding hydrogens is 300 g/mol. The van der Waals surface area contributed by atoms with Crippen LogP contribution in [0.4, 0.5) is 0 Å². The number of rotatable bonds is 2. The normalized spacial score (nSPS) is 31.0. The number of fused-ring (bicyclic) bond motifs is 1. The van der Waals surface area contributed by atoms with Gasteiger partial charge in [-0.15, -0.1) is 0 Å². The Morgan fingerprint density at radius 1 is 1.17 bits per heavy atom. The number of benzene rings is 1. The second kappa shape index (κ2) is 6.85. The topological polar surface area (TPSA) is 32.8 Å². The average molecular weight is 328 g/mol. The summed E-state index contributed by atoms with van der Waals surface area (Å²) in [7, 11) is 0. The van der Waals surface area contributed by atoms with Crippen molar-refractivity contribution >= 4 is 5.91 Å². The van der Waals surface area contributed by atoms with Crippen LogP contribution >= 0.6 is 0 Å². The molecule has 4 rings (SSSR count). The molecular formula is C20H28N2O2. The van der Waals surface area contributed by atoms with Gasteiger partial charge in [0.2, 0.25) is 5.91 Å². The molecule has 3 aliphatic rings. The van der Waals surface area contributed by atoms with E-state index in [0.717, 1.165) is 58.7 Å². The van der Waals surface area contributed by atoms with Gasteiger partial charge < -0.3 is 9.64 Å². The van der Waals surface area contributed by atoms with E-state index in [1.807, 2.05) is 0 Å². The first kappa shape index (κ1) is 16.1.